The van der Waals surface area contributed by atoms with E-state index < -0.39 is 24.5 Å². The molecule has 9 heteroatoms. The number of halogens is 1. The van der Waals surface area contributed by atoms with Crippen molar-refractivity contribution in [2.24, 2.45) is 0 Å². The Morgan fingerprint density at radius 2 is 1.97 bits per heavy atom. The molecule has 1 saturated heterocycles. The fourth-order valence-corrected chi connectivity index (χ4v) is 4.35. The standard InChI is InChI=1S/C21H20BrN5O3/c22-13-8-12-3-1-11(7-15(12)24-9-13)2-4-16-17(28)18(29)21(30-16)27-6-5-14-19(23)25-10-26-20(14)27/h1,3,5-10,16-18,21,28-29H,2,4H2,(H2,23,25,26)/t16-,17-,18-,21-/m1/s1. The first-order valence-corrected chi connectivity index (χ1v) is 10.4. The summed E-state index contributed by atoms with van der Waals surface area (Å²) < 4.78 is 8.68. The average Bonchev–Trinajstić information content (AvgIpc) is 3.29. The molecule has 4 heterocycles. The van der Waals surface area contributed by atoms with Crippen LogP contribution in [-0.4, -0.2) is 48.0 Å². The Balaban J connectivity index is 1.33. The van der Waals surface area contributed by atoms with Gasteiger partial charge in [-0.3, -0.25) is 4.98 Å². The number of fused-ring (bicyclic) bond motifs is 2. The molecule has 4 aromatic rings. The van der Waals surface area contributed by atoms with Gasteiger partial charge in [0.2, 0.25) is 0 Å². The zero-order valence-corrected chi connectivity index (χ0v) is 17.5. The van der Waals surface area contributed by atoms with Crippen LogP contribution in [-0.2, 0) is 11.2 Å². The van der Waals surface area contributed by atoms with Crippen molar-refractivity contribution < 1.29 is 14.9 Å². The minimum Gasteiger partial charge on any atom is -0.388 e. The smallest absolute Gasteiger partial charge is 0.164 e. The maximum Gasteiger partial charge on any atom is 0.164 e. The molecule has 0 amide bonds. The van der Waals surface area contributed by atoms with Gasteiger partial charge in [-0.2, -0.15) is 0 Å². The summed E-state index contributed by atoms with van der Waals surface area (Å²) in [4.78, 5) is 12.7. The minimum absolute atomic E-state index is 0.361. The molecule has 0 unspecified atom stereocenters. The zero-order chi connectivity index (χ0) is 20.8. The first-order chi connectivity index (χ1) is 14.5. The van der Waals surface area contributed by atoms with Gasteiger partial charge in [0.15, 0.2) is 6.23 Å². The van der Waals surface area contributed by atoms with Crippen molar-refractivity contribution in [2.45, 2.75) is 37.4 Å². The molecule has 3 aromatic heterocycles. The SMILES string of the molecule is Nc1ncnc2c1ccn2[C@@H]1O[C@H](CCc2ccc3cc(Br)cnc3c2)[C@@H](O)[C@H]1O. The topological polar surface area (TPSA) is 119 Å². The quantitative estimate of drug-likeness (QED) is 0.420. The number of ether oxygens (including phenoxy) is 1. The summed E-state index contributed by atoms with van der Waals surface area (Å²) in [6.07, 6.45) is 2.82. The summed E-state index contributed by atoms with van der Waals surface area (Å²) in [5, 5.41) is 22.9. The van der Waals surface area contributed by atoms with Crippen molar-refractivity contribution >= 4 is 43.7 Å². The van der Waals surface area contributed by atoms with E-state index in [1.54, 1.807) is 23.0 Å². The molecule has 0 spiro atoms. The monoisotopic (exact) mass is 469 g/mol. The van der Waals surface area contributed by atoms with Gasteiger partial charge in [0.05, 0.1) is 17.0 Å². The van der Waals surface area contributed by atoms with Crippen LogP contribution in [0.2, 0.25) is 0 Å². The zero-order valence-electron chi connectivity index (χ0n) is 15.9. The van der Waals surface area contributed by atoms with E-state index in [0.29, 0.717) is 29.7 Å². The molecule has 0 aliphatic carbocycles. The van der Waals surface area contributed by atoms with Crippen LogP contribution < -0.4 is 5.73 Å². The Kier molecular flexibility index (Phi) is 4.90. The fraction of sp³-hybridized carbons (Fsp3) is 0.286. The van der Waals surface area contributed by atoms with Gasteiger partial charge in [0, 0.05) is 22.3 Å². The highest BCUT2D eigenvalue weighted by Gasteiger charge is 2.43. The van der Waals surface area contributed by atoms with Crippen molar-refractivity contribution in [3.63, 3.8) is 0 Å². The Bertz CT molecular complexity index is 1230. The second-order valence-electron chi connectivity index (χ2n) is 7.48. The van der Waals surface area contributed by atoms with Crippen LogP contribution in [0.3, 0.4) is 0 Å². The van der Waals surface area contributed by atoms with Crippen LogP contribution in [0.4, 0.5) is 5.82 Å². The highest BCUT2D eigenvalue weighted by Crippen LogP contribution is 2.34. The van der Waals surface area contributed by atoms with Gasteiger partial charge in [0.25, 0.3) is 0 Å². The number of rotatable bonds is 4. The maximum absolute atomic E-state index is 10.6. The first kappa shape index (κ1) is 19.4. The molecule has 0 bridgehead atoms. The predicted molar refractivity (Wildman–Crippen MR) is 116 cm³/mol. The summed E-state index contributed by atoms with van der Waals surface area (Å²) in [5.41, 5.74) is 8.46. The lowest BCUT2D eigenvalue weighted by molar-refractivity contribution is -0.0364. The van der Waals surface area contributed by atoms with Crippen LogP contribution in [0.25, 0.3) is 21.9 Å². The molecule has 4 atom stereocenters. The van der Waals surface area contributed by atoms with Crippen LogP contribution in [0, 0.1) is 0 Å². The molecule has 1 aliphatic heterocycles. The number of hydrogen-bond acceptors (Lipinski definition) is 7. The molecule has 4 N–H and O–H groups in total. The normalized spacial score (nSPS) is 24.1. The van der Waals surface area contributed by atoms with E-state index in [9.17, 15) is 10.2 Å². The van der Waals surface area contributed by atoms with Gasteiger partial charge >= 0.3 is 0 Å². The molecule has 1 fully saturated rings. The Hall–Kier alpha value is -2.59. The number of aryl methyl sites for hydroxylation is 1. The molecular formula is C21H20BrN5O3. The number of hydrogen-bond donors (Lipinski definition) is 3. The minimum atomic E-state index is -1.07. The summed E-state index contributed by atoms with van der Waals surface area (Å²) in [6.45, 7) is 0. The largest absolute Gasteiger partial charge is 0.388 e. The number of benzene rings is 1. The molecule has 0 radical (unpaired) electrons. The van der Waals surface area contributed by atoms with Crippen LogP contribution in [0.15, 0.2) is 53.5 Å². The van der Waals surface area contributed by atoms with Gasteiger partial charge < -0.3 is 25.3 Å². The molecule has 5 rings (SSSR count). The van der Waals surface area contributed by atoms with Gasteiger partial charge in [-0.15, -0.1) is 0 Å². The third kappa shape index (κ3) is 3.33. The molecule has 0 saturated carbocycles. The van der Waals surface area contributed by atoms with Gasteiger partial charge in [-0.25, -0.2) is 9.97 Å². The molecule has 154 valence electrons. The second kappa shape index (κ2) is 7.59. The Morgan fingerprint density at radius 1 is 1.10 bits per heavy atom. The molecule has 30 heavy (non-hydrogen) atoms. The molecule has 1 aromatic carbocycles. The number of aromatic nitrogens is 4. The van der Waals surface area contributed by atoms with Crippen molar-refractivity contribution in [2.75, 3.05) is 5.73 Å². The van der Waals surface area contributed by atoms with E-state index in [-0.39, 0.29) is 0 Å². The van der Waals surface area contributed by atoms with E-state index in [1.165, 1.54) is 6.33 Å². The summed E-state index contributed by atoms with van der Waals surface area (Å²) in [5.74, 6) is 0.361. The van der Waals surface area contributed by atoms with Crippen LogP contribution in [0.1, 0.15) is 18.2 Å². The van der Waals surface area contributed by atoms with Crippen molar-refractivity contribution in [3.8, 4) is 0 Å². The van der Waals surface area contributed by atoms with E-state index in [1.807, 2.05) is 24.3 Å². The predicted octanol–water partition coefficient (Wildman–Crippen LogP) is 2.58. The Morgan fingerprint density at radius 3 is 2.83 bits per heavy atom. The fourth-order valence-electron chi connectivity index (χ4n) is 4.00. The van der Waals surface area contributed by atoms with E-state index in [0.717, 1.165) is 20.9 Å². The van der Waals surface area contributed by atoms with E-state index in [2.05, 4.69) is 30.9 Å². The number of aliphatic hydroxyl groups is 2. The van der Waals surface area contributed by atoms with E-state index >= 15 is 0 Å². The number of nitrogens with zero attached hydrogens (tertiary/aromatic N) is 4. The lowest BCUT2D eigenvalue weighted by atomic mass is 10.0. The number of nitrogen functional groups attached to an aromatic ring is 1. The average molecular weight is 470 g/mol. The van der Waals surface area contributed by atoms with E-state index in [4.69, 9.17) is 10.5 Å². The van der Waals surface area contributed by atoms with Crippen LogP contribution >= 0.6 is 15.9 Å². The number of aliphatic hydroxyl groups excluding tert-OH is 2. The number of nitrogens with two attached hydrogens (primary N) is 1. The maximum atomic E-state index is 10.6. The molecule has 1 aliphatic rings. The molecular weight excluding hydrogens is 450 g/mol. The summed E-state index contributed by atoms with van der Waals surface area (Å²) >= 11 is 3.43. The van der Waals surface area contributed by atoms with Crippen LogP contribution in [0.5, 0.6) is 0 Å². The lowest BCUT2D eigenvalue weighted by Crippen LogP contribution is -2.31. The number of pyridine rings is 1. The van der Waals surface area contributed by atoms with Gasteiger partial charge in [-0.1, -0.05) is 12.1 Å². The second-order valence-corrected chi connectivity index (χ2v) is 8.40. The first-order valence-electron chi connectivity index (χ1n) is 9.64. The third-order valence-electron chi connectivity index (χ3n) is 5.58. The Labute approximate surface area is 180 Å². The summed E-state index contributed by atoms with van der Waals surface area (Å²) in [7, 11) is 0. The van der Waals surface area contributed by atoms with Crippen molar-refractivity contribution in [1.29, 1.82) is 0 Å². The summed E-state index contributed by atoms with van der Waals surface area (Å²) in [6, 6.07) is 9.92. The van der Waals surface area contributed by atoms with Crippen molar-refractivity contribution in [3.05, 3.63) is 59.1 Å². The number of anilines is 1. The highest BCUT2D eigenvalue weighted by atomic mass is 79.9. The highest BCUT2D eigenvalue weighted by molar-refractivity contribution is 9.10. The molecule has 8 nitrogen and oxygen atoms in total. The van der Waals surface area contributed by atoms with Crippen molar-refractivity contribution in [1.82, 2.24) is 19.5 Å². The lowest BCUT2D eigenvalue weighted by Gasteiger charge is -2.17. The third-order valence-corrected chi connectivity index (χ3v) is 6.02. The van der Waals surface area contributed by atoms with Gasteiger partial charge in [0.1, 0.15) is 30.0 Å². The van der Waals surface area contributed by atoms with Gasteiger partial charge in [-0.05, 0) is 52.5 Å².